The van der Waals surface area contributed by atoms with Gasteiger partial charge in [-0.15, -0.1) is 0 Å². The highest BCUT2D eigenvalue weighted by Gasteiger charge is 2.16. The molecule has 4 aromatic heterocycles. The van der Waals surface area contributed by atoms with Crippen LogP contribution in [0.4, 0.5) is 5.69 Å². The second-order valence-corrected chi connectivity index (χ2v) is 8.20. The van der Waals surface area contributed by atoms with E-state index >= 15 is 0 Å². The molecule has 170 valence electrons. The number of anilines is 1. The van der Waals surface area contributed by atoms with Gasteiger partial charge in [-0.3, -0.25) is 19.9 Å². The maximum Gasteiger partial charge on any atom is 0.224 e. The fraction of sp³-hybridized carbons (Fsp3) is 0.0741. The van der Waals surface area contributed by atoms with E-state index in [-0.39, 0.29) is 5.91 Å². The van der Waals surface area contributed by atoms with E-state index in [2.05, 4.69) is 36.5 Å². The third kappa shape index (κ3) is 3.80. The largest absolute Gasteiger partial charge is 0.337 e. The molecular weight excluding hydrogens is 438 g/mol. The molecule has 0 aliphatic heterocycles. The second-order valence-electron chi connectivity index (χ2n) is 8.20. The fourth-order valence-corrected chi connectivity index (χ4v) is 4.16. The van der Waals surface area contributed by atoms with E-state index in [1.807, 2.05) is 61.5 Å². The number of fused-ring (bicyclic) bond motifs is 2. The summed E-state index contributed by atoms with van der Waals surface area (Å²) >= 11 is 0. The van der Waals surface area contributed by atoms with E-state index < -0.39 is 0 Å². The normalized spacial score (nSPS) is 11.2. The summed E-state index contributed by atoms with van der Waals surface area (Å²) in [6, 6.07) is 19.8. The second kappa shape index (κ2) is 8.49. The van der Waals surface area contributed by atoms with Crippen LogP contribution in [-0.2, 0) is 4.79 Å². The summed E-state index contributed by atoms with van der Waals surface area (Å²) in [7, 11) is 0. The molecule has 6 aromatic rings. The quantitative estimate of drug-likeness (QED) is 0.312. The molecule has 0 spiro atoms. The number of nitrogens with one attached hydrogen (secondary N) is 3. The van der Waals surface area contributed by atoms with Crippen LogP contribution in [0, 0.1) is 0 Å². The maximum absolute atomic E-state index is 11.8. The number of nitrogens with zero attached hydrogens (tertiary/aromatic N) is 4. The van der Waals surface area contributed by atoms with E-state index in [0.29, 0.717) is 17.9 Å². The van der Waals surface area contributed by atoms with Crippen molar-refractivity contribution in [2.75, 3.05) is 5.32 Å². The topological polar surface area (TPSA) is 112 Å². The van der Waals surface area contributed by atoms with Crippen molar-refractivity contribution in [1.82, 2.24) is 30.1 Å². The number of aromatic nitrogens is 6. The molecule has 35 heavy (non-hydrogen) atoms. The zero-order chi connectivity index (χ0) is 23.8. The Morgan fingerprint density at radius 2 is 1.91 bits per heavy atom. The maximum atomic E-state index is 11.8. The van der Waals surface area contributed by atoms with Crippen molar-refractivity contribution in [2.24, 2.45) is 0 Å². The minimum absolute atomic E-state index is 0.0496. The Morgan fingerprint density at radius 3 is 2.77 bits per heavy atom. The Labute approximate surface area is 200 Å². The third-order valence-corrected chi connectivity index (χ3v) is 5.92. The van der Waals surface area contributed by atoms with Gasteiger partial charge in [0.05, 0.1) is 34.1 Å². The summed E-state index contributed by atoms with van der Waals surface area (Å²) in [5.41, 5.74) is 7.75. The SMILES string of the molecule is CCC(=O)Nc1cncc(-c2ccc3[nH]nc(-c4nc5c(-c6ccccn6)cccc5[nH]4)c3c2)c1. The number of H-pyrrole nitrogens is 2. The molecule has 8 nitrogen and oxygen atoms in total. The summed E-state index contributed by atoms with van der Waals surface area (Å²) in [6.45, 7) is 1.82. The molecule has 0 saturated heterocycles. The molecule has 2 aromatic carbocycles. The first-order valence-corrected chi connectivity index (χ1v) is 11.3. The van der Waals surface area contributed by atoms with Crippen molar-refractivity contribution >= 4 is 33.5 Å². The van der Waals surface area contributed by atoms with Crippen LogP contribution in [0.3, 0.4) is 0 Å². The van der Waals surface area contributed by atoms with E-state index in [1.165, 1.54) is 0 Å². The predicted molar refractivity (Wildman–Crippen MR) is 137 cm³/mol. The molecule has 1 amide bonds. The van der Waals surface area contributed by atoms with Gasteiger partial charge in [-0.1, -0.05) is 31.2 Å². The zero-order valence-corrected chi connectivity index (χ0v) is 18.9. The average Bonchev–Trinajstić information content (AvgIpc) is 3.53. The van der Waals surface area contributed by atoms with Crippen LogP contribution in [0.1, 0.15) is 13.3 Å². The van der Waals surface area contributed by atoms with Gasteiger partial charge in [-0.05, 0) is 42.0 Å². The Bertz CT molecular complexity index is 1680. The van der Waals surface area contributed by atoms with Crippen LogP contribution >= 0.6 is 0 Å². The van der Waals surface area contributed by atoms with E-state index in [0.717, 1.165) is 50.0 Å². The van der Waals surface area contributed by atoms with Crippen LogP contribution in [0.5, 0.6) is 0 Å². The highest BCUT2D eigenvalue weighted by molar-refractivity contribution is 5.98. The third-order valence-electron chi connectivity index (χ3n) is 5.92. The number of hydrogen-bond donors (Lipinski definition) is 3. The van der Waals surface area contributed by atoms with E-state index in [4.69, 9.17) is 4.98 Å². The standard InChI is InChI=1S/C27H21N7O/c1-2-24(35)30-18-12-17(14-28-15-18)16-9-10-22-20(13-16)26(34-33-22)27-31-23-8-5-6-19(25(23)32-27)21-7-3-4-11-29-21/h3-15H,2H2,1H3,(H,30,35)(H,31,32)(H,33,34). The molecule has 0 fully saturated rings. The number of carbonyl (C=O) groups excluding carboxylic acids is 1. The number of benzene rings is 2. The molecular formula is C27H21N7O. The van der Waals surface area contributed by atoms with Gasteiger partial charge in [0.15, 0.2) is 5.82 Å². The predicted octanol–water partition coefficient (Wildman–Crippen LogP) is 5.58. The summed E-state index contributed by atoms with van der Waals surface area (Å²) in [4.78, 5) is 28.9. The lowest BCUT2D eigenvalue weighted by atomic mass is 10.0. The van der Waals surface area contributed by atoms with Crippen LogP contribution in [-0.4, -0.2) is 36.0 Å². The zero-order valence-electron chi connectivity index (χ0n) is 18.9. The van der Waals surface area contributed by atoms with Crippen molar-refractivity contribution < 1.29 is 4.79 Å². The summed E-state index contributed by atoms with van der Waals surface area (Å²) in [5.74, 6) is 0.625. The van der Waals surface area contributed by atoms with Crippen molar-refractivity contribution in [3.63, 3.8) is 0 Å². The van der Waals surface area contributed by atoms with Gasteiger partial charge in [0, 0.05) is 35.3 Å². The van der Waals surface area contributed by atoms with Gasteiger partial charge in [-0.25, -0.2) is 4.98 Å². The number of pyridine rings is 2. The molecule has 4 heterocycles. The monoisotopic (exact) mass is 459 g/mol. The molecule has 3 N–H and O–H groups in total. The Balaban J connectivity index is 1.43. The lowest BCUT2D eigenvalue weighted by molar-refractivity contribution is -0.115. The van der Waals surface area contributed by atoms with Crippen LogP contribution in [0.25, 0.3) is 55.8 Å². The summed E-state index contributed by atoms with van der Waals surface area (Å²) in [5, 5.41) is 11.5. The lowest BCUT2D eigenvalue weighted by Gasteiger charge is -2.06. The van der Waals surface area contributed by atoms with Crippen LogP contribution in [0.15, 0.2) is 79.3 Å². The van der Waals surface area contributed by atoms with Gasteiger partial charge in [0.25, 0.3) is 0 Å². The molecule has 0 aliphatic rings. The molecule has 0 aliphatic carbocycles. The number of para-hydroxylation sites is 1. The molecule has 8 heteroatoms. The number of rotatable bonds is 5. The molecule has 6 rings (SSSR count). The molecule has 0 unspecified atom stereocenters. The van der Waals surface area contributed by atoms with E-state index in [9.17, 15) is 4.79 Å². The average molecular weight is 460 g/mol. The van der Waals surface area contributed by atoms with Crippen molar-refractivity contribution in [2.45, 2.75) is 13.3 Å². The first-order valence-electron chi connectivity index (χ1n) is 11.3. The Morgan fingerprint density at radius 1 is 0.971 bits per heavy atom. The van der Waals surface area contributed by atoms with Gasteiger partial charge >= 0.3 is 0 Å². The van der Waals surface area contributed by atoms with Crippen molar-refractivity contribution in [3.8, 4) is 33.9 Å². The van der Waals surface area contributed by atoms with Crippen molar-refractivity contribution in [3.05, 3.63) is 79.3 Å². The number of hydrogen-bond acceptors (Lipinski definition) is 5. The minimum Gasteiger partial charge on any atom is -0.337 e. The Kier molecular flexibility index (Phi) is 5.03. The number of imidazole rings is 1. The minimum atomic E-state index is -0.0496. The van der Waals surface area contributed by atoms with Gasteiger partial charge in [0.1, 0.15) is 5.69 Å². The van der Waals surface area contributed by atoms with Crippen molar-refractivity contribution in [1.29, 1.82) is 0 Å². The first kappa shape index (κ1) is 20.7. The van der Waals surface area contributed by atoms with Crippen LogP contribution in [0.2, 0.25) is 0 Å². The number of amides is 1. The summed E-state index contributed by atoms with van der Waals surface area (Å²) in [6.07, 6.45) is 5.62. The lowest BCUT2D eigenvalue weighted by Crippen LogP contribution is -2.09. The van der Waals surface area contributed by atoms with Gasteiger partial charge in [0.2, 0.25) is 5.91 Å². The van der Waals surface area contributed by atoms with Gasteiger partial charge < -0.3 is 10.3 Å². The smallest absolute Gasteiger partial charge is 0.224 e. The highest BCUT2D eigenvalue weighted by Crippen LogP contribution is 2.33. The molecule has 0 radical (unpaired) electrons. The molecule has 0 saturated carbocycles. The molecule has 0 bridgehead atoms. The highest BCUT2D eigenvalue weighted by atomic mass is 16.1. The number of carbonyl (C=O) groups is 1. The fourth-order valence-electron chi connectivity index (χ4n) is 4.16. The van der Waals surface area contributed by atoms with E-state index in [1.54, 1.807) is 18.6 Å². The molecule has 0 atom stereocenters. The van der Waals surface area contributed by atoms with Crippen LogP contribution < -0.4 is 5.32 Å². The summed E-state index contributed by atoms with van der Waals surface area (Å²) < 4.78 is 0. The Hall–Kier alpha value is -4.85. The first-order chi connectivity index (χ1) is 17.2. The van der Waals surface area contributed by atoms with Gasteiger partial charge in [-0.2, -0.15) is 5.10 Å². The number of aromatic amines is 2.